The first kappa shape index (κ1) is 19.6. The van der Waals surface area contributed by atoms with Gasteiger partial charge in [-0.1, -0.05) is 6.92 Å². The van der Waals surface area contributed by atoms with Crippen molar-refractivity contribution in [2.45, 2.75) is 19.8 Å². The van der Waals surface area contributed by atoms with Crippen molar-refractivity contribution >= 4 is 17.2 Å². The number of hydrogen-bond donors (Lipinski definition) is 0. The topological polar surface area (TPSA) is 54.9 Å². The number of likely N-dealkylation sites (N-methyl/N-ethyl adjacent to an activating group) is 1. The predicted molar refractivity (Wildman–Crippen MR) is 108 cm³/mol. The zero-order chi connectivity index (χ0) is 19.2. The number of carbonyl (C=O) groups is 1. The first-order valence-corrected chi connectivity index (χ1v) is 10.2. The molecule has 1 saturated heterocycles. The highest BCUT2D eigenvalue weighted by molar-refractivity contribution is 7.13. The number of thiazole rings is 1. The van der Waals surface area contributed by atoms with E-state index in [1.54, 1.807) is 25.6 Å². The Labute approximate surface area is 164 Å². The minimum Gasteiger partial charge on any atom is -0.493 e. The van der Waals surface area contributed by atoms with Crippen LogP contribution in [0.3, 0.4) is 0 Å². The number of amides is 1. The van der Waals surface area contributed by atoms with Gasteiger partial charge in [-0.2, -0.15) is 0 Å². The Kier molecular flexibility index (Phi) is 6.68. The average molecular weight is 390 g/mol. The number of benzene rings is 1. The van der Waals surface area contributed by atoms with Gasteiger partial charge in [0.25, 0.3) is 0 Å². The minimum absolute atomic E-state index is 0.164. The molecule has 1 aromatic heterocycles. The van der Waals surface area contributed by atoms with Crippen LogP contribution in [0.1, 0.15) is 19.0 Å². The Balaban J connectivity index is 1.66. The van der Waals surface area contributed by atoms with Gasteiger partial charge in [0.15, 0.2) is 11.5 Å². The molecule has 27 heavy (non-hydrogen) atoms. The normalized spacial score (nSPS) is 15.4. The summed E-state index contributed by atoms with van der Waals surface area (Å²) in [6, 6.07) is 5.74. The van der Waals surface area contributed by atoms with Gasteiger partial charge in [0.2, 0.25) is 5.91 Å². The highest BCUT2D eigenvalue weighted by Gasteiger charge is 2.19. The van der Waals surface area contributed by atoms with Crippen LogP contribution in [0.15, 0.2) is 23.6 Å². The van der Waals surface area contributed by atoms with Gasteiger partial charge in [-0.3, -0.25) is 4.79 Å². The summed E-state index contributed by atoms with van der Waals surface area (Å²) in [5.41, 5.74) is 1.79. The molecular formula is C20H27N3O3S. The molecule has 3 rings (SSSR count). The van der Waals surface area contributed by atoms with E-state index in [1.807, 2.05) is 28.5 Å². The van der Waals surface area contributed by atoms with Crippen LogP contribution in [0.5, 0.6) is 11.5 Å². The summed E-state index contributed by atoms with van der Waals surface area (Å²) in [5.74, 6) is 1.53. The molecule has 6 nitrogen and oxygen atoms in total. The van der Waals surface area contributed by atoms with E-state index < -0.39 is 0 Å². The molecule has 1 fully saturated rings. The van der Waals surface area contributed by atoms with Gasteiger partial charge < -0.3 is 19.3 Å². The molecule has 2 aromatic rings. The molecule has 0 radical (unpaired) electrons. The van der Waals surface area contributed by atoms with Gasteiger partial charge in [-0.15, -0.1) is 11.3 Å². The van der Waals surface area contributed by atoms with Crippen LogP contribution in [-0.2, 0) is 11.2 Å². The van der Waals surface area contributed by atoms with Crippen LogP contribution in [0.2, 0.25) is 0 Å². The lowest BCUT2D eigenvalue weighted by atomic mass is 10.2. The second-order valence-electron chi connectivity index (χ2n) is 6.56. The molecule has 0 unspecified atom stereocenters. The lowest BCUT2D eigenvalue weighted by Crippen LogP contribution is -2.36. The number of rotatable bonds is 6. The van der Waals surface area contributed by atoms with Crippen LogP contribution in [0.25, 0.3) is 10.6 Å². The van der Waals surface area contributed by atoms with Crippen molar-refractivity contribution in [1.82, 2.24) is 14.8 Å². The van der Waals surface area contributed by atoms with Gasteiger partial charge in [-0.05, 0) is 37.7 Å². The van der Waals surface area contributed by atoms with E-state index in [0.717, 1.165) is 55.4 Å². The van der Waals surface area contributed by atoms with Crippen LogP contribution < -0.4 is 9.47 Å². The molecule has 1 aromatic carbocycles. The summed E-state index contributed by atoms with van der Waals surface area (Å²) in [4.78, 5) is 21.7. The fraction of sp³-hybridized carbons (Fsp3) is 0.500. The van der Waals surface area contributed by atoms with E-state index in [2.05, 4.69) is 16.8 Å². The zero-order valence-electron chi connectivity index (χ0n) is 16.2. The third-order valence-electron chi connectivity index (χ3n) is 4.90. The monoisotopic (exact) mass is 389 g/mol. The Bertz CT molecular complexity index is 778. The van der Waals surface area contributed by atoms with Crippen LogP contribution in [-0.4, -0.2) is 67.6 Å². The molecule has 1 amide bonds. The van der Waals surface area contributed by atoms with Gasteiger partial charge in [0.05, 0.1) is 26.3 Å². The van der Waals surface area contributed by atoms with Crippen molar-refractivity contribution < 1.29 is 14.3 Å². The molecule has 0 saturated carbocycles. The van der Waals surface area contributed by atoms with E-state index in [9.17, 15) is 4.79 Å². The molecule has 0 N–H and O–H groups in total. The molecule has 146 valence electrons. The molecule has 1 aliphatic rings. The highest BCUT2D eigenvalue weighted by Crippen LogP contribution is 2.33. The fourth-order valence-electron chi connectivity index (χ4n) is 3.29. The number of carbonyl (C=O) groups excluding carboxylic acids is 1. The Morgan fingerprint density at radius 3 is 2.70 bits per heavy atom. The van der Waals surface area contributed by atoms with Crippen molar-refractivity contribution in [3.63, 3.8) is 0 Å². The summed E-state index contributed by atoms with van der Waals surface area (Å²) < 4.78 is 10.6. The van der Waals surface area contributed by atoms with Gasteiger partial charge in [0, 0.05) is 30.6 Å². The van der Waals surface area contributed by atoms with Gasteiger partial charge in [0.1, 0.15) is 5.01 Å². The smallest absolute Gasteiger partial charge is 0.228 e. The Morgan fingerprint density at radius 2 is 1.96 bits per heavy atom. The van der Waals surface area contributed by atoms with Crippen LogP contribution >= 0.6 is 11.3 Å². The second kappa shape index (κ2) is 9.19. The Morgan fingerprint density at radius 1 is 1.15 bits per heavy atom. The molecule has 0 bridgehead atoms. The molecule has 2 heterocycles. The van der Waals surface area contributed by atoms with E-state index in [-0.39, 0.29) is 5.91 Å². The number of ether oxygens (including phenoxy) is 2. The number of methoxy groups -OCH3 is 2. The SMILES string of the molecule is CCN1CCCN(C(=O)Cc2csc(-c3ccc(OC)c(OC)c3)n2)CC1. The number of aromatic nitrogens is 1. The number of nitrogens with zero attached hydrogens (tertiary/aromatic N) is 3. The lowest BCUT2D eigenvalue weighted by molar-refractivity contribution is -0.130. The quantitative estimate of drug-likeness (QED) is 0.760. The van der Waals surface area contributed by atoms with Gasteiger partial charge in [-0.25, -0.2) is 4.98 Å². The number of hydrogen-bond acceptors (Lipinski definition) is 6. The van der Waals surface area contributed by atoms with Crippen LogP contribution in [0.4, 0.5) is 0 Å². The van der Waals surface area contributed by atoms with Crippen molar-refractivity contribution in [1.29, 1.82) is 0 Å². The average Bonchev–Trinajstić information content (AvgIpc) is 3.02. The molecular weight excluding hydrogens is 362 g/mol. The predicted octanol–water partition coefficient (Wildman–Crippen LogP) is 2.92. The maximum Gasteiger partial charge on any atom is 0.228 e. The highest BCUT2D eigenvalue weighted by atomic mass is 32.1. The summed E-state index contributed by atoms with van der Waals surface area (Å²) in [6.45, 7) is 6.88. The van der Waals surface area contributed by atoms with Crippen molar-refractivity contribution in [2.75, 3.05) is 46.9 Å². The third-order valence-corrected chi connectivity index (χ3v) is 5.84. The van der Waals surface area contributed by atoms with Gasteiger partial charge >= 0.3 is 0 Å². The molecule has 0 spiro atoms. The van der Waals surface area contributed by atoms with Crippen molar-refractivity contribution in [3.8, 4) is 22.1 Å². The summed E-state index contributed by atoms with van der Waals surface area (Å²) in [6.07, 6.45) is 1.39. The molecule has 1 aliphatic heterocycles. The second-order valence-corrected chi connectivity index (χ2v) is 7.42. The van der Waals surface area contributed by atoms with E-state index in [0.29, 0.717) is 17.9 Å². The maximum absolute atomic E-state index is 12.7. The molecule has 7 heteroatoms. The summed E-state index contributed by atoms with van der Waals surface area (Å²) in [7, 11) is 3.24. The molecule has 0 aliphatic carbocycles. The van der Waals surface area contributed by atoms with Crippen molar-refractivity contribution in [2.24, 2.45) is 0 Å². The lowest BCUT2D eigenvalue weighted by Gasteiger charge is -2.20. The van der Waals surface area contributed by atoms with Crippen molar-refractivity contribution in [3.05, 3.63) is 29.3 Å². The fourth-order valence-corrected chi connectivity index (χ4v) is 4.11. The Hall–Kier alpha value is -2.12. The standard InChI is InChI=1S/C20H27N3O3S/c1-4-22-8-5-9-23(11-10-22)19(24)13-16-14-27-20(21-16)15-6-7-17(25-2)18(12-15)26-3/h6-7,12,14H,4-5,8-11,13H2,1-3H3. The maximum atomic E-state index is 12.7. The summed E-state index contributed by atoms with van der Waals surface area (Å²) in [5, 5.41) is 2.85. The van der Waals surface area contributed by atoms with E-state index in [4.69, 9.17) is 9.47 Å². The first-order valence-electron chi connectivity index (χ1n) is 9.31. The zero-order valence-corrected chi connectivity index (χ0v) is 17.1. The third kappa shape index (κ3) is 4.78. The van der Waals surface area contributed by atoms with E-state index in [1.165, 1.54) is 0 Å². The van der Waals surface area contributed by atoms with E-state index >= 15 is 0 Å². The minimum atomic E-state index is 0.164. The molecule has 0 atom stereocenters. The van der Waals surface area contributed by atoms with Crippen LogP contribution in [0, 0.1) is 0 Å². The first-order chi connectivity index (χ1) is 13.1. The largest absolute Gasteiger partial charge is 0.493 e. The summed E-state index contributed by atoms with van der Waals surface area (Å²) >= 11 is 1.55.